The lowest BCUT2D eigenvalue weighted by atomic mass is 10.2. The normalized spacial score (nSPS) is 10.3. The van der Waals surface area contributed by atoms with E-state index >= 15 is 0 Å². The van der Waals surface area contributed by atoms with Gasteiger partial charge in [-0.3, -0.25) is 4.98 Å². The summed E-state index contributed by atoms with van der Waals surface area (Å²) in [5.74, 6) is 0.836. The molecule has 1 aromatic carbocycles. The standard InChI is InChI=1S/C10H8INO/c1-13-9-6-8(11)5-7-3-2-4-12-10(7)9/h2-6H,1H3. The molecule has 1 aromatic heterocycles. The summed E-state index contributed by atoms with van der Waals surface area (Å²) in [7, 11) is 1.67. The van der Waals surface area contributed by atoms with Crippen molar-refractivity contribution in [2.45, 2.75) is 0 Å². The van der Waals surface area contributed by atoms with Crippen molar-refractivity contribution in [1.29, 1.82) is 0 Å². The molecule has 13 heavy (non-hydrogen) atoms. The molecule has 0 aliphatic carbocycles. The first-order valence-corrected chi connectivity index (χ1v) is 4.97. The molecule has 0 radical (unpaired) electrons. The second-order valence-corrected chi connectivity index (χ2v) is 3.93. The number of fused-ring (bicyclic) bond motifs is 1. The second kappa shape index (κ2) is 3.49. The fourth-order valence-electron chi connectivity index (χ4n) is 1.28. The van der Waals surface area contributed by atoms with E-state index in [1.54, 1.807) is 13.3 Å². The van der Waals surface area contributed by atoms with Gasteiger partial charge in [-0.05, 0) is 40.8 Å². The fraction of sp³-hybridized carbons (Fsp3) is 0.100. The number of methoxy groups -OCH3 is 1. The number of aromatic nitrogens is 1. The predicted octanol–water partition coefficient (Wildman–Crippen LogP) is 2.85. The minimum atomic E-state index is 0.836. The van der Waals surface area contributed by atoms with E-state index in [1.165, 1.54) is 0 Å². The maximum absolute atomic E-state index is 5.24. The predicted molar refractivity (Wildman–Crippen MR) is 61.0 cm³/mol. The molecule has 2 nitrogen and oxygen atoms in total. The average Bonchev–Trinajstić information content (AvgIpc) is 2.16. The highest BCUT2D eigenvalue weighted by atomic mass is 127. The molecular weight excluding hydrogens is 277 g/mol. The highest BCUT2D eigenvalue weighted by molar-refractivity contribution is 14.1. The monoisotopic (exact) mass is 285 g/mol. The van der Waals surface area contributed by atoms with Crippen LogP contribution in [-0.2, 0) is 0 Å². The molecule has 0 atom stereocenters. The first-order chi connectivity index (χ1) is 6.31. The Morgan fingerprint density at radius 3 is 3.00 bits per heavy atom. The molecule has 0 aliphatic rings. The van der Waals surface area contributed by atoms with E-state index in [0.29, 0.717) is 0 Å². The summed E-state index contributed by atoms with van der Waals surface area (Å²) in [4.78, 5) is 4.26. The van der Waals surface area contributed by atoms with E-state index in [4.69, 9.17) is 4.74 Å². The van der Waals surface area contributed by atoms with E-state index in [-0.39, 0.29) is 0 Å². The number of hydrogen-bond acceptors (Lipinski definition) is 2. The van der Waals surface area contributed by atoms with Crippen LogP contribution in [0.3, 0.4) is 0 Å². The van der Waals surface area contributed by atoms with Gasteiger partial charge in [-0.2, -0.15) is 0 Å². The largest absolute Gasteiger partial charge is 0.494 e. The van der Waals surface area contributed by atoms with E-state index in [9.17, 15) is 0 Å². The molecule has 66 valence electrons. The molecule has 2 rings (SSSR count). The first-order valence-electron chi connectivity index (χ1n) is 3.89. The summed E-state index contributed by atoms with van der Waals surface area (Å²) in [5.41, 5.74) is 0.922. The quantitative estimate of drug-likeness (QED) is 0.752. The van der Waals surface area contributed by atoms with Gasteiger partial charge in [-0.15, -0.1) is 0 Å². The molecule has 0 saturated carbocycles. The Hall–Kier alpha value is -0.840. The Balaban J connectivity index is 2.81. The molecule has 0 fully saturated rings. The van der Waals surface area contributed by atoms with Crippen molar-refractivity contribution in [3.05, 3.63) is 34.0 Å². The van der Waals surface area contributed by atoms with E-state index in [2.05, 4.69) is 33.6 Å². The molecule has 0 saturated heterocycles. The van der Waals surface area contributed by atoms with Gasteiger partial charge in [-0.25, -0.2) is 0 Å². The second-order valence-electron chi connectivity index (χ2n) is 2.68. The van der Waals surface area contributed by atoms with Gasteiger partial charge >= 0.3 is 0 Å². The van der Waals surface area contributed by atoms with Gasteiger partial charge < -0.3 is 4.74 Å². The lowest BCUT2D eigenvalue weighted by Crippen LogP contribution is -1.88. The van der Waals surface area contributed by atoms with Crippen molar-refractivity contribution in [2.75, 3.05) is 7.11 Å². The zero-order chi connectivity index (χ0) is 9.26. The van der Waals surface area contributed by atoms with E-state index in [1.807, 2.05) is 18.2 Å². The first kappa shape index (κ1) is 8.74. The summed E-state index contributed by atoms with van der Waals surface area (Å²) in [6, 6.07) is 8.03. The molecule has 0 spiro atoms. The van der Waals surface area contributed by atoms with E-state index in [0.717, 1.165) is 20.2 Å². The van der Waals surface area contributed by atoms with Crippen LogP contribution < -0.4 is 4.74 Å². The zero-order valence-corrected chi connectivity index (χ0v) is 9.28. The van der Waals surface area contributed by atoms with Gasteiger partial charge in [0.05, 0.1) is 7.11 Å². The lowest BCUT2D eigenvalue weighted by Gasteiger charge is -2.04. The molecular formula is C10H8INO. The van der Waals surface area contributed by atoms with Crippen LogP contribution in [0.1, 0.15) is 0 Å². The van der Waals surface area contributed by atoms with Gasteiger partial charge in [0.2, 0.25) is 0 Å². The SMILES string of the molecule is COc1cc(I)cc2cccnc12. The Morgan fingerprint density at radius 2 is 2.23 bits per heavy atom. The van der Waals surface area contributed by atoms with Crippen LogP contribution >= 0.6 is 22.6 Å². The van der Waals surface area contributed by atoms with Crippen LogP contribution in [0.5, 0.6) is 5.75 Å². The smallest absolute Gasteiger partial charge is 0.146 e. The van der Waals surface area contributed by atoms with Crippen LogP contribution in [0.2, 0.25) is 0 Å². The van der Waals surface area contributed by atoms with Gasteiger partial charge in [0, 0.05) is 15.2 Å². The third kappa shape index (κ3) is 1.60. The Morgan fingerprint density at radius 1 is 1.38 bits per heavy atom. The number of halogens is 1. The number of nitrogens with zero attached hydrogens (tertiary/aromatic N) is 1. The van der Waals surface area contributed by atoms with Crippen molar-refractivity contribution in [3.63, 3.8) is 0 Å². The minimum Gasteiger partial charge on any atom is -0.494 e. The highest BCUT2D eigenvalue weighted by Crippen LogP contribution is 2.25. The maximum atomic E-state index is 5.24. The van der Waals surface area contributed by atoms with Crippen LogP contribution in [0.4, 0.5) is 0 Å². The summed E-state index contributed by atoms with van der Waals surface area (Å²) >= 11 is 2.27. The summed E-state index contributed by atoms with van der Waals surface area (Å²) < 4.78 is 6.40. The maximum Gasteiger partial charge on any atom is 0.146 e. The Labute approximate surface area is 90.1 Å². The van der Waals surface area contributed by atoms with Gasteiger partial charge in [0.15, 0.2) is 0 Å². The summed E-state index contributed by atoms with van der Waals surface area (Å²) in [5, 5.41) is 1.12. The van der Waals surface area contributed by atoms with Crippen molar-refractivity contribution >= 4 is 33.5 Å². The fourth-order valence-corrected chi connectivity index (χ4v) is 1.90. The van der Waals surface area contributed by atoms with E-state index < -0.39 is 0 Å². The summed E-state index contributed by atoms with van der Waals surface area (Å²) in [6.07, 6.45) is 1.78. The van der Waals surface area contributed by atoms with Gasteiger partial charge in [0.1, 0.15) is 11.3 Å². The molecule has 1 heterocycles. The number of hydrogen-bond donors (Lipinski definition) is 0. The van der Waals surface area contributed by atoms with Crippen LogP contribution in [0.25, 0.3) is 10.9 Å². The highest BCUT2D eigenvalue weighted by Gasteiger charge is 2.02. The number of pyridine rings is 1. The lowest BCUT2D eigenvalue weighted by molar-refractivity contribution is 0.418. The Kier molecular flexibility index (Phi) is 2.35. The molecule has 3 heteroatoms. The Bertz CT molecular complexity index is 442. The molecule has 0 N–H and O–H groups in total. The van der Waals surface area contributed by atoms with Crippen molar-refractivity contribution in [1.82, 2.24) is 4.98 Å². The molecule has 0 unspecified atom stereocenters. The van der Waals surface area contributed by atoms with Crippen molar-refractivity contribution in [3.8, 4) is 5.75 Å². The van der Waals surface area contributed by atoms with Gasteiger partial charge in [-0.1, -0.05) is 6.07 Å². The number of rotatable bonds is 1. The zero-order valence-electron chi connectivity index (χ0n) is 7.12. The molecule has 0 aliphatic heterocycles. The van der Waals surface area contributed by atoms with Crippen LogP contribution in [0, 0.1) is 3.57 Å². The van der Waals surface area contributed by atoms with Crippen molar-refractivity contribution < 1.29 is 4.74 Å². The minimum absolute atomic E-state index is 0.836. The third-order valence-electron chi connectivity index (χ3n) is 1.85. The molecule has 0 bridgehead atoms. The number of ether oxygens (including phenoxy) is 1. The average molecular weight is 285 g/mol. The summed E-state index contributed by atoms with van der Waals surface area (Å²) in [6.45, 7) is 0. The van der Waals surface area contributed by atoms with Gasteiger partial charge in [0.25, 0.3) is 0 Å². The van der Waals surface area contributed by atoms with Crippen molar-refractivity contribution in [2.24, 2.45) is 0 Å². The van der Waals surface area contributed by atoms with Crippen LogP contribution in [-0.4, -0.2) is 12.1 Å². The number of benzene rings is 1. The molecule has 2 aromatic rings. The molecule has 0 amide bonds. The third-order valence-corrected chi connectivity index (χ3v) is 2.48. The van der Waals surface area contributed by atoms with Crippen LogP contribution in [0.15, 0.2) is 30.5 Å². The topological polar surface area (TPSA) is 22.1 Å².